The number of fused-ring (bicyclic) bond motifs is 2. The van der Waals surface area contributed by atoms with Gasteiger partial charge in [0.15, 0.2) is 0 Å². The molecule has 0 radical (unpaired) electrons. The van der Waals surface area contributed by atoms with Crippen LogP contribution in [0, 0.1) is 11.3 Å². The minimum atomic E-state index is -1.30. The Morgan fingerprint density at radius 3 is 2.80 bits per heavy atom. The van der Waals surface area contributed by atoms with Crippen LogP contribution >= 0.6 is 0 Å². The second-order valence-electron chi connectivity index (χ2n) is 4.83. The molecule has 0 fully saturated rings. The molecule has 1 atom stereocenters. The lowest BCUT2D eigenvalue weighted by Crippen LogP contribution is -2.36. The molecule has 1 unspecified atom stereocenters. The van der Waals surface area contributed by atoms with Crippen LogP contribution < -0.4 is 10.5 Å². The number of nitriles is 1. The Hall–Kier alpha value is -2.35. The van der Waals surface area contributed by atoms with Crippen LogP contribution in [0.1, 0.15) is 22.3 Å². The Labute approximate surface area is 117 Å². The largest absolute Gasteiger partial charge is 0.488 e. The number of ether oxygens (including phenoxy) is 1. The Morgan fingerprint density at radius 2 is 2.05 bits per heavy atom. The van der Waals surface area contributed by atoms with E-state index in [9.17, 15) is 5.11 Å². The molecule has 3 N–H and O–H groups in total. The Kier molecular flexibility index (Phi) is 2.94. The molecule has 2 aromatic carbocycles. The molecule has 0 spiro atoms. The average molecular weight is 266 g/mol. The molecule has 0 aromatic heterocycles. The van der Waals surface area contributed by atoms with Crippen LogP contribution in [0.2, 0.25) is 0 Å². The summed E-state index contributed by atoms with van der Waals surface area (Å²) in [7, 11) is 0. The SMILES string of the molecule is N#Cc1ccc2c(c1)COc1ccccc1C2(O)CN. The number of rotatable bonds is 1. The smallest absolute Gasteiger partial charge is 0.131 e. The van der Waals surface area contributed by atoms with Gasteiger partial charge in [-0.15, -0.1) is 0 Å². The van der Waals surface area contributed by atoms with E-state index in [1.54, 1.807) is 18.2 Å². The first-order valence-corrected chi connectivity index (χ1v) is 6.37. The summed E-state index contributed by atoms with van der Waals surface area (Å²) in [6.45, 7) is 0.358. The zero-order chi connectivity index (χ0) is 14.2. The molecule has 1 aliphatic rings. The van der Waals surface area contributed by atoms with Gasteiger partial charge in [-0.3, -0.25) is 0 Å². The van der Waals surface area contributed by atoms with E-state index in [2.05, 4.69) is 6.07 Å². The zero-order valence-corrected chi connectivity index (χ0v) is 10.8. The number of hydrogen-bond donors (Lipinski definition) is 2. The fourth-order valence-corrected chi connectivity index (χ4v) is 2.64. The van der Waals surface area contributed by atoms with Crippen molar-refractivity contribution in [3.63, 3.8) is 0 Å². The van der Waals surface area contributed by atoms with Crippen molar-refractivity contribution in [3.8, 4) is 11.8 Å². The van der Waals surface area contributed by atoms with E-state index in [4.69, 9.17) is 15.7 Å². The quantitative estimate of drug-likeness (QED) is 0.822. The van der Waals surface area contributed by atoms with Crippen molar-refractivity contribution >= 4 is 0 Å². The molecule has 100 valence electrons. The summed E-state index contributed by atoms with van der Waals surface area (Å²) in [5.74, 6) is 0.621. The van der Waals surface area contributed by atoms with Gasteiger partial charge >= 0.3 is 0 Å². The highest BCUT2D eigenvalue weighted by Crippen LogP contribution is 2.39. The van der Waals surface area contributed by atoms with Crippen LogP contribution in [-0.4, -0.2) is 11.7 Å². The third kappa shape index (κ3) is 1.76. The summed E-state index contributed by atoms with van der Waals surface area (Å²) in [6.07, 6.45) is 0. The minimum absolute atomic E-state index is 0.0479. The molecule has 1 aliphatic heterocycles. The van der Waals surface area contributed by atoms with Crippen molar-refractivity contribution in [2.45, 2.75) is 12.2 Å². The van der Waals surface area contributed by atoms with E-state index < -0.39 is 5.60 Å². The molecule has 0 saturated carbocycles. The number of hydrogen-bond acceptors (Lipinski definition) is 4. The zero-order valence-electron chi connectivity index (χ0n) is 10.8. The van der Waals surface area contributed by atoms with Gasteiger partial charge in [-0.1, -0.05) is 24.3 Å². The van der Waals surface area contributed by atoms with Crippen molar-refractivity contribution in [1.29, 1.82) is 5.26 Å². The van der Waals surface area contributed by atoms with Gasteiger partial charge in [-0.2, -0.15) is 5.26 Å². The summed E-state index contributed by atoms with van der Waals surface area (Å²) in [6, 6.07) is 14.6. The van der Waals surface area contributed by atoms with Gasteiger partial charge in [-0.25, -0.2) is 0 Å². The minimum Gasteiger partial charge on any atom is -0.488 e. The van der Waals surface area contributed by atoms with Gasteiger partial charge in [0.2, 0.25) is 0 Å². The van der Waals surface area contributed by atoms with E-state index >= 15 is 0 Å². The second kappa shape index (κ2) is 4.64. The number of nitrogens with zero attached hydrogens (tertiary/aromatic N) is 1. The van der Waals surface area contributed by atoms with E-state index in [-0.39, 0.29) is 6.54 Å². The monoisotopic (exact) mass is 266 g/mol. The molecule has 2 aromatic rings. The molecular formula is C16H14N2O2. The van der Waals surface area contributed by atoms with Gasteiger partial charge in [0.05, 0.1) is 11.6 Å². The molecule has 0 saturated heterocycles. The van der Waals surface area contributed by atoms with Gasteiger partial charge in [-0.05, 0) is 29.3 Å². The van der Waals surface area contributed by atoms with Gasteiger partial charge in [0.25, 0.3) is 0 Å². The fraction of sp³-hybridized carbons (Fsp3) is 0.188. The lowest BCUT2D eigenvalue weighted by atomic mass is 9.83. The highest BCUT2D eigenvalue weighted by molar-refractivity contribution is 5.51. The molecule has 0 aliphatic carbocycles. The third-order valence-electron chi connectivity index (χ3n) is 3.69. The fourth-order valence-electron chi connectivity index (χ4n) is 2.64. The molecule has 20 heavy (non-hydrogen) atoms. The first-order valence-electron chi connectivity index (χ1n) is 6.37. The van der Waals surface area contributed by atoms with Crippen LogP contribution in [0.25, 0.3) is 0 Å². The Morgan fingerprint density at radius 1 is 1.25 bits per heavy atom. The van der Waals surface area contributed by atoms with Crippen LogP contribution in [0.15, 0.2) is 42.5 Å². The molecule has 1 heterocycles. The summed E-state index contributed by atoms with van der Waals surface area (Å²) in [5.41, 5.74) is 7.22. The molecular weight excluding hydrogens is 252 g/mol. The summed E-state index contributed by atoms with van der Waals surface area (Å²) in [5, 5.41) is 20.0. The lowest BCUT2D eigenvalue weighted by molar-refractivity contribution is 0.0894. The Bertz CT molecular complexity index is 706. The van der Waals surface area contributed by atoms with Gasteiger partial charge < -0.3 is 15.6 Å². The lowest BCUT2D eigenvalue weighted by Gasteiger charge is -2.28. The van der Waals surface area contributed by atoms with Crippen LogP contribution in [-0.2, 0) is 12.2 Å². The van der Waals surface area contributed by atoms with Crippen LogP contribution in [0.4, 0.5) is 0 Å². The second-order valence-corrected chi connectivity index (χ2v) is 4.83. The highest BCUT2D eigenvalue weighted by atomic mass is 16.5. The molecule has 0 bridgehead atoms. The highest BCUT2D eigenvalue weighted by Gasteiger charge is 2.37. The van der Waals surface area contributed by atoms with Crippen molar-refractivity contribution < 1.29 is 9.84 Å². The van der Waals surface area contributed by atoms with Crippen molar-refractivity contribution in [1.82, 2.24) is 0 Å². The van der Waals surface area contributed by atoms with Gasteiger partial charge in [0, 0.05) is 12.1 Å². The standard InChI is InChI=1S/C16H14N2O2/c17-8-11-5-6-13-12(7-11)9-20-15-4-2-1-3-14(15)16(13,19)10-18/h1-7,19H,9-10,18H2. The normalized spacial score (nSPS) is 20.1. The van der Waals surface area contributed by atoms with E-state index in [1.165, 1.54) is 0 Å². The summed E-state index contributed by atoms with van der Waals surface area (Å²) < 4.78 is 5.75. The molecule has 3 rings (SSSR count). The van der Waals surface area contributed by atoms with E-state index in [1.807, 2.05) is 24.3 Å². The van der Waals surface area contributed by atoms with Crippen LogP contribution in [0.3, 0.4) is 0 Å². The molecule has 4 heteroatoms. The summed E-state index contributed by atoms with van der Waals surface area (Å²) >= 11 is 0. The third-order valence-corrected chi connectivity index (χ3v) is 3.69. The number of aliphatic hydroxyl groups is 1. The summed E-state index contributed by atoms with van der Waals surface area (Å²) in [4.78, 5) is 0. The molecule has 4 nitrogen and oxygen atoms in total. The number of benzene rings is 2. The maximum Gasteiger partial charge on any atom is 0.131 e. The topological polar surface area (TPSA) is 79.3 Å². The maximum absolute atomic E-state index is 11.0. The molecule has 0 amide bonds. The van der Waals surface area contributed by atoms with Crippen LogP contribution in [0.5, 0.6) is 5.75 Å². The predicted molar refractivity (Wildman–Crippen MR) is 74.0 cm³/mol. The first-order chi connectivity index (χ1) is 9.69. The van der Waals surface area contributed by atoms with Gasteiger partial charge in [0.1, 0.15) is 18.0 Å². The predicted octanol–water partition coefficient (Wildman–Crippen LogP) is 1.65. The number of para-hydroxylation sites is 1. The maximum atomic E-state index is 11.0. The Balaban J connectivity index is 2.26. The van der Waals surface area contributed by atoms with E-state index in [0.29, 0.717) is 29.0 Å². The van der Waals surface area contributed by atoms with Crippen molar-refractivity contribution in [2.24, 2.45) is 5.73 Å². The first kappa shape index (κ1) is 12.7. The van der Waals surface area contributed by atoms with E-state index in [0.717, 1.165) is 5.56 Å². The van der Waals surface area contributed by atoms with Crippen molar-refractivity contribution in [3.05, 3.63) is 64.7 Å². The van der Waals surface area contributed by atoms with Crippen molar-refractivity contribution in [2.75, 3.05) is 6.54 Å². The average Bonchev–Trinajstić information content (AvgIpc) is 2.63. The number of nitrogens with two attached hydrogens (primary N) is 1.